The zero-order valence-corrected chi connectivity index (χ0v) is 11.7. The fourth-order valence-electron chi connectivity index (χ4n) is 2.29. The van der Waals surface area contributed by atoms with Crippen LogP contribution in [0.15, 0.2) is 57.7 Å². The van der Waals surface area contributed by atoms with Gasteiger partial charge in [0.05, 0.1) is 5.39 Å². The molecule has 112 valence electrons. The molecule has 0 fully saturated rings. The first kappa shape index (κ1) is 14.7. The monoisotopic (exact) mass is 324 g/mol. The maximum absolute atomic E-state index is 13.5. The summed E-state index contributed by atoms with van der Waals surface area (Å²) >= 11 is 5.74. The lowest BCUT2D eigenvalue weighted by atomic mass is 10.0. The largest absolute Gasteiger partial charge is 0.422 e. The standard InChI is InChI=1S/C16H8ClF3O2/c17-10-7-5-9(6-8-10)14-13(16(18,19)20)11-3-1-2-4-12(11)15(21)22-14/h1-8H. The summed E-state index contributed by atoms with van der Waals surface area (Å²) in [4.78, 5) is 12.0. The minimum absolute atomic E-state index is 0.104. The molecule has 0 bridgehead atoms. The van der Waals surface area contributed by atoms with Gasteiger partial charge in [-0.15, -0.1) is 0 Å². The molecule has 0 saturated carbocycles. The third-order valence-corrected chi connectivity index (χ3v) is 3.48. The Morgan fingerprint density at radius 2 is 1.50 bits per heavy atom. The maximum Gasteiger partial charge on any atom is 0.420 e. The Bertz CT molecular complexity index is 896. The van der Waals surface area contributed by atoms with Gasteiger partial charge in [-0.25, -0.2) is 4.79 Å². The Morgan fingerprint density at radius 3 is 2.09 bits per heavy atom. The molecule has 2 nitrogen and oxygen atoms in total. The number of hydrogen-bond donors (Lipinski definition) is 0. The van der Waals surface area contributed by atoms with Crippen molar-refractivity contribution < 1.29 is 17.6 Å². The van der Waals surface area contributed by atoms with Gasteiger partial charge in [-0.2, -0.15) is 13.2 Å². The molecule has 1 heterocycles. The van der Waals surface area contributed by atoms with Crippen molar-refractivity contribution in [1.82, 2.24) is 0 Å². The maximum atomic E-state index is 13.5. The fourth-order valence-corrected chi connectivity index (χ4v) is 2.41. The van der Waals surface area contributed by atoms with Gasteiger partial charge in [0.15, 0.2) is 5.76 Å². The van der Waals surface area contributed by atoms with Crippen LogP contribution in [0.4, 0.5) is 13.2 Å². The lowest BCUT2D eigenvalue weighted by Crippen LogP contribution is -2.13. The minimum atomic E-state index is -4.66. The Kier molecular flexibility index (Phi) is 3.45. The average molecular weight is 325 g/mol. The van der Waals surface area contributed by atoms with E-state index in [2.05, 4.69) is 0 Å². The Hall–Kier alpha value is -2.27. The van der Waals surface area contributed by atoms with E-state index in [-0.39, 0.29) is 16.3 Å². The summed E-state index contributed by atoms with van der Waals surface area (Å²) in [6.45, 7) is 0. The second kappa shape index (κ2) is 5.18. The second-order valence-corrected chi connectivity index (χ2v) is 5.08. The average Bonchev–Trinajstić information content (AvgIpc) is 2.46. The minimum Gasteiger partial charge on any atom is -0.422 e. The first-order valence-corrected chi connectivity index (χ1v) is 6.64. The van der Waals surface area contributed by atoms with Crippen molar-refractivity contribution in [2.75, 3.05) is 0 Å². The van der Waals surface area contributed by atoms with E-state index in [0.29, 0.717) is 5.02 Å². The van der Waals surface area contributed by atoms with Crippen LogP contribution in [0.2, 0.25) is 5.02 Å². The molecular formula is C16H8ClF3O2. The van der Waals surface area contributed by atoms with E-state index >= 15 is 0 Å². The summed E-state index contributed by atoms with van der Waals surface area (Å²) in [5, 5.41) is 0.0872. The van der Waals surface area contributed by atoms with Gasteiger partial charge in [-0.05, 0) is 30.3 Å². The van der Waals surface area contributed by atoms with Crippen molar-refractivity contribution in [3.8, 4) is 11.3 Å². The molecule has 0 amide bonds. The van der Waals surface area contributed by atoms with E-state index < -0.39 is 23.1 Å². The SMILES string of the molecule is O=c1oc(-c2ccc(Cl)cc2)c(C(F)(F)F)c2ccccc12. The number of halogens is 4. The van der Waals surface area contributed by atoms with Gasteiger partial charge in [0.25, 0.3) is 0 Å². The first-order chi connectivity index (χ1) is 10.4. The summed E-state index contributed by atoms with van der Waals surface area (Å²) in [6.07, 6.45) is -4.66. The van der Waals surface area contributed by atoms with Gasteiger partial charge in [0, 0.05) is 16.0 Å². The number of fused-ring (bicyclic) bond motifs is 1. The molecule has 0 aliphatic rings. The normalized spacial score (nSPS) is 11.8. The summed E-state index contributed by atoms with van der Waals surface area (Å²) < 4.78 is 45.4. The molecule has 2 aromatic carbocycles. The number of alkyl halides is 3. The molecule has 0 aliphatic carbocycles. The van der Waals surface area contributed by atoms with E-state index in [1.807, 2.05) is 0 Å². The van der Waals surface area contributed by atoms with Crippen LogP contribution in [0.5, 0.6) is 0 Å². The lowest BCUT2D eigenvalue weighted by molar-refractivity contribution is -0.136. The molecule has 0 saturated heterocycles. The highest BCUT2D eigenvalue weighted by atomic mass is 35.5. The second-order valence-electron chi connectivity index (χ2n) is 4.64. The number of benzene rings is 2. The van der Waals surface area contributed by atoms with E-state index in [1.54, 1.807) is 0 Å². The Labute approximate surface area is 127 Å². The van der Waals surface area contributed by atoms with Crippen LogP contribution in [0.3, 0.4) is 0 Å². The smallest absolute Gasteiger partial charge is 0.420 e. The summed E-state index contributed by atoms with van der Waals surface area (Å²) in [6, 6.07) is 11.1. The van der Waals surface area contributed by atoms with Crippen LogP contribution in [-0.4, -0.2) is 0 Å². The third kappa shape index (κ3) is 2.48. The lowest BCUT2D eigenvalue weighted by Gasteiger charge is -2.14. The molecule has 0 N–H and O–H groups in total. The molecule has 0 aliphatic heterocycles. The van der Waals surface area contributed by atoms with Gasteiger partial charge in [-0.3, -0.25) is 0 Å². The molecule has 0 unspecified atom stereocenters. The highest BCUT2D eigenvalue weighted by molar-refractivity contribution is 6.30. The van der Waals surface area contributed by atoms with Crippen molar-refractivity contribution in [3.05, 3.63) is 69.5 Å². The Morgan fingerprint density at radius 1 is 0.909 bits per heavy atom. The molecule has 3 aromatic rings. The molecule has 0 spiro atoms. The van der Waals surface area contributed by atoms with Crippen LogP contribution in [0.25, 0.3) is 22.1 Å². The van der Waals surface area contributed by atoms with Crippen LogP contribution in [0, 0.1) is 0 Å². The van der Waals surface area contributed by atoms with Gasteiger partial charge >= 0.3 is 11.8 Å². The summed E-state index contributed by atoms with van der Waals surface area (Å²) in [5.41, 5.74) is -1.64. The summed E-state index contributed by atoms with van der Waals surface area (Å²) in [7, 11) is 0. The summed E-state index contributed by atoms with van der Waals surface area (Å²) in [5.74, 6) is -0.507. The highest BCUT2D eigenvalue weighted by Crippen LogP contribution is 2.40. The van der Waals surface area contributed by atoms with Gasteiger partial charge in [0.2, 0.25) is 0 Å². The van der Waals surface area contributed by atoms with Crippen molar-refractivity contribution >= 4 is 22.4 Å². The molecule has 1 aromatic heterocycles. The van der Waals surface area contributed by atoms with Crippen molar-refractivity contribution in [3.63, 3.8) is 0 Å². The van der Waals surface area contributed by atoms with Crippen LogP contribution >= 0.6 is 11.6 Å². The highest BCUT2D eigenvalue weighted by Gasteiger charge is 2.38. The van der Waals surface area contributed by atoms with E-state index in [1.165, 1.54) is 48.5 Å². The van der Waals surface area contributed by atoms with Crippen LogP contribution in [-0.2, 0) is 6.18 Å². The van der Waals surface area contributed by atoms with Crippen molar-refractivity contribution in [2.45, 2.75) is 6.18 Å². The van der Waals surface area contributed by atoms with Crippen molar-refractivity contribution in [2.24, 2.45) is 0 Å². The van der Waals surface area contributed by atoms with Gasteiger partial charge in [0.1, 0.15) is 5.56 Å². The third-order valence-electron chi connectivity index (χ3n) is 3.23. The molecule has 0 radical (unpaired) electrons. The predicted octanol–water partition coefficient (Wildman–Crippen LogP) is 5.13. The quantitative estimate of drug-likeness (QED) is 0.621. The van der Waals surface area contributed by atoms with E-state index in [9.17, 15) is 18.0 Å². The fraction of sp³-hybridized carbons (Fsp3) is 0.0625. The topological polar surface area (TPSA) is 30.2 Å². The van der Waals surface area contributed by atoms with Gasteiger partial charge in [-0.1, -0.05) is 29.8 Å². The van der Waals surface area contributed by atoms with E-state index in [0.717, 1.165) is 0 Å². The van der Waals surface area contributed by atoms with Gasteiger partial charge < -0.3 is 4.42 Å². The molecule has 6 heteroatoms. The van der Waals surface area contributed by atoms with Crippen molar-refractivity contribution in [1.29, 1.82) is 0 Å². The number of rotatable bonds is 1. The molecule has 3 rings (SSSR count). The van der Waals surface area contributed by atoms with Crippen LogP contribution in [0.1, 0.15) is 5.56 Å². The predicted molar refractivity (Wildman–Crippen MR) is 77.9 cm³/mol. The molecule has 0 atom stereocenters. The Balaban J connectivity index is 2.44. The zero-order valence-electron chi connectivity index (χ0n) is 10.9. The first-order valence-electron chi connectivity index (χ1n) is 6.27. The van der Waals surface area contributed by atoms with Crippen LogP contribution < -0.4 is 5.63 Å². The van der Waals surface area contributed by atoms with E-state index in [4.69, 9.17) is 16.0 Å². The molecule has 22 heavy (non-hydrogen) atoms. The zero-order chi connectivity index (χ0) is 15.9. The molecular weight excluding hydrogens is 317 g/mol. The number of hydrogen-bond acceptors (Lipinski definition) is 2.